The van der Waals surface area contributed by atoms with Crippen LogP contribution in [0.1, 0.15) is 24.8 Å². The Labute approximate surface area is 161 Å². The zero-order valence-corrected chi connectivity index (χ0v) is 15.8. The Kier molecular flexibility index (Phi) is 6.95. The Balaban J connectivity index is 1.84. The summed E-state index contributed by atoms with van der Waals surface area (Å²) >= 11 is 0. The highest BCUT2D eigenvalue weighted by Gasteiger charge is 2.23. The van der Waals surface area contributed by atoms with E-state index in [2.05, 4.69) is 35.3 Å². The fourth-order valence-electron chi connectivity index (χ4n) is 3.29. The number of ether oxygens (including phenoxy) is 3. The third-order valence-corrected chi connectivity index (χ3v) is 4.69. The lowest BCUT2D eigenvalue weighted by Gasteiger charge is -2.32. The third kappa shape index (κ3) is 5.15. The molecule has 1 aliphatic carbocycles. The molecule has 0 amide bonds. The van der Waals surface area contributed by atoms with E-state index < -0.39 is 0 Å². The number of allylic oxidation sites excluding steroid dienone is 4. The molecule has 1 aromatic carbocycles. The fourth-order valence-corrected chi connectivity index (χ4v) is 3.29. The number of nitrogens with zero attached hydrogens (tertiary/aromatic N) is 2. The number of morpholine rings is 1. The second-order valence-corrected chi connectivity index (χ2v) is 6.51. The molecule has 1 aromatic rings. The molecule has 0 unspecified atom stereocenters. The molecular weight excluding hydrogens is 340 g/mol. The second kappa shape index (κ2) is 9.84. The van der Waals surface area contributed by atoms with E-state index in [1.165, 1.54) is 0 Å². The molecule has 0 bridgehead atoms. The molecule has 0 radical (unpaired) electrons. The highest BCUT2D eigenvalue weighted by Crippen LogP contribution is 2.31. The van der Waals surface area contributed by atoms with E-state index in [1.54, 1.807) is 7.11 Å². The Morgan fingerprint density at radius 2 is 2.00 bits per heavy atom. The smallest absolute Gasteiger partial charge is 0.196 e. The predicted molar refractivity (Wildman–Crippen MR) is 103 cm³/mol. The molecule has 1 heterocycles. The van der Waals surface area contributed by atoms with E-state index in [0.717, 1.165) is 54.3 Å². The topological polar surface area (TPSA) is 54.7 Å². The van der Waals surface area contributed by atoms with Crippen molar-refractivity contribution in [1.29, 1.82) is 5.26 Å². The van der Waals surface area contributed by atoms with Crippen molar-refractivity contribution in [2.24, 2.45) is 0 Å². The lowest BCUT2D eigenvalue weighted by molar-refractivity contribution is 0.0211. The van der Waals surface area contributed by atoms with Gasteiger partial charge in [0, 0.05) is 19.5 Å². The first kappa shape index (κ1) is 19.1. The van der Waals surface area contributed by atoms with Crippen LogP contribution in [0.5, 0.6) is 0 Å². The van der Waals surface area contributed by atoms with Gasteiger partial charge in [0.05, 0.1) is 32.0 Å². The summed E-state index contributed by atoms with van der Waals surface area (Å²) in [6.07, 6.45) is 6.21. The average molecular weight is 366 g/mol. The molecule has 0 spiro atoms. The standard InChI is InChI=1S/C22H26N2O3/c1-25-22(24-12-14-26-15-13-24)20-10-9-18(8-5-11-23)16-21(20)27-17-19-6-3-2-4-7-19/h2-4,6-7,9,16H,5,8,10,12-15,17H2,1H3. The first-order chi connectivity index (χ1) is 13.3. The van der Waals surface area contributed by atoms with Gasteiger partial charge in [0.15, 0.2) is 5.88 Å². The van der Waals surface area contributed by atoms with Crippen molar-refractivity contribution in [1.82, 2.24) is 4.90 Å². The summed E-state index contributed by atoms with van der Waals surface area (Å²) in [4.78, 5) is 2.21. The summed E-state index contributed by atoms with van der Waals surface area (Å²) in [6, 6.07) is 12.3. The lowest BCUT2D eigenvalue weighted by atomic mass is 9.97. The van der Waals surface area contributed by atoms with Crippen molar-refractivity contribution in [3.05, 3.63) is 70.8 Å². The Hall–Kier alpha value is -2.71. The summed E-state index contributed by atoms with van der Waals surface area (Å²) in [7, 11) is 1.71. The molecule has 5 nitrogen and oxygen atoms in total. The minimum atomic E-state index is 0.502. The van der Waals surface area contributed by atoms with Gasteiger partial charge in [-0.1, -0.05) is 36.4 Å². The normalized spacial score (nSPS) is 18.9. The van der Waals surface area contributed by atoms with Crippen LogP contribution in [0.25, 0.3) is 0 Å². The van der Waals surface area contributed by atoms with Crippen LogP contribution in [0.2, 0.25) is 0 Å². The summed E-state index contributed by atoms with van der Waals surface area (Å²) < 4.78 is 17.4. The molecule has 27 heavy (non-hydrogen) atoms. The van der Waals surface area contributed by atoms with Crippen molar-refractivity contribution in [3.63, 3.8) is 0 Å². The number of nitriles is 1. The highest BCUT2D eigenvalue weighted by atomic mass is 16.5. The largest absolute Gasteiger partial charge is 0.488 e. The maximum Gasteiger partial charge on any atom is 0.196 e. The maximum atomic E-state index is 8.89. The molecule has 3 rings (SSSR count). The Morgan fingerprint density at radius 3 is 2.70 bits per heavy atom. The molecule has 1 fully saturated rings. The minimum absolute atomic E-state index is 0.502. The predicted octanol–water partition coefficient (Wildman–Crippen LogP) is 3.91. The molecule has 0 N–H and O–H groups in total. The van der Waals surface area contributed by atoms with Crippen molar-refractivity contribution < 1.29 is 14.2 Å². The SMILES string of the molecule is COC(=C1CC=C(CCC#N)C=C1OCc1ccccc1)N1CCOCC1. The molecule has 1 saturated heterocycles. The molecule has 2 aliphatic rings. The van der Waals surface area contributed by atoms with Gasteiger partial charge in [0.25, 0.3) is 0 Å². The molecule has 1 aliphatic heterocycles. The van der Waals surface area contributed by atoms with Crippen LogP contribution in [-0.4, -0.2) is 38.3 Å². The van der Waals surface area contributed by atoms with Crippen molar-refractivity contribution in [2.45, 2.75) is 25.9 Å². The monoisotopic (exact) mass is 366 g/mol. The number of methoxy groups -OCH3 is 1. The van der Waals surface area contributed by atoms with E-state index in [9.17, 15) is 0 Å². The Bertz CT molecular complexity index is 754. The van der Waals surface area contributed by atoms with E-state index in [1.807, 2.05) is 18.2 Å². The quantitative estimate of drug-likeness (QED) is 0.685. The number of benzene rings is 1. The van der Waals surface area contributed by atoms with Crippen molar-refractivity contribution in [3.8, 4) is 6.07 Å². The molecule has 142 valence electrons. The van der Waals surface area contributed by atoms with Crippen LogP contribution in [0.15, 0.2) is 65.3 Å². The second-order valence-electron chi connectivity index (χ2n) is 6.51. The summed E-state index contributed by atoms with van der Waals surface area (Å²) in [6.45, 7) is 3.52. The van der Waals surface area contributed by atoms with Gasteiger partial charge in [-0.05, 0) is 30.1 Å². The van der Waals surface area contributed by atoms with E-state index in [4.69, 9.17) is 19.5 Å². The van der Waals surface area contributed by atoms with Crippen molar-refractivity contribution >= 4 is 0 Å². The van der Waals surface area contributed by atoms with Gasteiger partial charge in [0.2, 0.25) is 0 Å². The highest BCUT2D eigenvalue weighted by molar-refractivity contribution is 5.42. The fraction of sp³-hybridized carbons (Fsp3) is 0.409. The zero-order valence-electron chi connectivity index (χ0n) is 15.8. The van der Waals surface area contributed by atoms with Crippen LogP contribution in [0.4, 0.5) is 0 Å². The number of rotatable bonds is 7. The van der Waals surface area contributed by atoms with E-state index in [0.29, 0.717) is 26.2 Å². The molecule has 0 saturated carbocycles. The van der Waals surface area contributed by atoms with Crippen LogP contribution in [0, 0.1) is 11.3 Å². The zero-order chi connectivity index (χ0) is 18.9. The molecule has 0 aromatic heterocycles. The summed E-state index contributed by atoms with van der Waals surface area (Å²) in [5.74, 6) is 1.69. The average Bonchev–Trinajstić information content (AvgIpc) is 2.74. The first-order valence-corrected chi connectivity index (χ1v) is 9.36. The number of hydrogen-bond donors (Lipinski definition) is 0. The van der Waals surface area contributed by atoms with E-state index in [-0.39, 0.29) is 0 Å². The third-order valence-electron chi connectivity index (χ3n) is 4.69. The van der Waals surface area contributed by atoms with Gasteiger partial charge >= 0.3 is 0 Å². The van der Waals surface area contributed by atoms with Crippen LogP contribution in [-0.2, 0) is 20.8 Å². The van der Waals surface area contributed by atoms with Crippen LogP contribution in [0.3, 0.4) is 0 Å². The van der Waals surface area contributed by atoms with Gasteiger partial charge in [-0.25, -0.2) is 0 Å². The van der Waals surface area contributed by atoms with Crippen LogP contribution < -0.4 is 0 Å². The van der Waals surface area contributed by atoms with Crippen molar-refractivity contribution in [2.75, 3.05) is 33.4 Å². The summed E-state index contributed by atoms with van der Waals surface area (Å²) in [5.41, 5.74) is 3.31. The molecular formula is C22H26N2O3. The maximum absolute atomic E-state index is 8.89. The van der Waals surface area contributed by atoms with E-state index >= 15 is 0 Å². The molecule has 5 heteroatoms. The number of hydrogen-bond acceptors (Lipinski definition) is 5. The summed E-state index contributed by atoms with van der Waals surface area (Å²) in [5, 5.41) is 8.89. The minimum Gasteiger partial charge on any atom is -0.488 e. The Morgan fingerprint density at radius 1 is 1.22 bits per heavy atom. The van der Waals surface area contributed by atoms with Gasteiger partial charge in [-0.15, -0.1) is 0 Å². The van der Waals surface area contributed by atoms with Crippen LogP contribution >= 0.6 is 0 Å². The van der Waals surface area contributed by atoms with Gasteiger partial charge in [-0.2, -0.15) is 5.26 Å². The molecule has 0 atom stereocenters. The first-order valence-electron chi connectivity index (χ1n) is 9.36. The van der Waals surface area contributed by atoms with Gasteiger partial charge in [0.1, 0.15) is 12.4 Å². The van der Waals surface area contributed by atoms with Gasteiger partial charge < -0.3 is 19.1 Å². The lowest BCUT2D eigenvalue weighted by Crippen LogP contribution is -2.37. The van der Waals surface area contributed by atoms with Gasteiger partial charge in [-0.3, -0.25) is 0 Å².